The zero-order valence-corrected chi connectivity index (χ0v) is 12.6. The second kappa shape index (κ2) is 5.46. The maximum Gasteiger partial charge on any atom is 0.228 e. The van der Waals surface area contributed by atoms with Crippen LogP contribution in [0.15, 0.2) is 33.2 Å². The number of benzene rings is 1. The van der Waals surface area contributed by atoms with Crippen molar-refractivity contribution in [2.75, 3.05) is 5.32 Å². The molecule has 0 aliphatic heterocycles. The van der Waals surface area contributed by atoms with Gasteiger partial charge in [0.1, 0.15) is 11.8 Å². The average Bonchev–Trinajstić information content (AvgIpc) is 2.32. The summed E-state index contributed by atoms with van der Waals surface area (Å²) in [4.78, 5) is 8.33. The highest BCUT2D eigenvalue weighted by Crippen LogP contribution is 2.27. The molecule has 1 N–H and O–H groups in total. The van der Waals surface area contributed by atoms with Gasteiger partial charge in [-0.05, 0) is 47.1 Å². The predicted octanol–water partition coefficient (Wildman–Crippen LogP) is 3.93. The van der Waals surface area contributed by atoms with Crippen molar-refractivity contribution >= 4 is 43.5 Å². The number of rotatable bonds is 2. The summed E-state index contributed by atoms with van der Waals surface area (Å²) in [5.74, 6) is 0.412. The van der Waals surface area contributed by atoms with E-state index in [-0.39, 0.29) is 0 Å². The van der Waals surface area contributed by atoms with Crippen molar-refractivity contribution in [2.24, 2.45) is 0 Å². The Labute approximate surface area is 121 Å². The van der Waals surface area contributed by atoms with E-state index in [9.17, 15) is 0 Å². The minimum atomic E-state index is 0.346. The van der Waals surface area contributed by atoms with Gasteiger partial charge >= 0.3 is 0 Å². The molecule has 0 atom stereocenters. The van der Waals surface area contributed by atoms with E-state index in [2.05, 4.69) is 47.1 Å². The van der Waals surface area contributed by atoms with Crippen molar-refractivity contribution in [1.82, 2.24) is 9.97 Å². The van der Waals surface area contributed by atoms with Crippen LogP contribution in [0.4, 0.5) is 11.6 Å². The number of nitriles is 1. The molecule has 0 amide bonds. The normalized spacial score (nSPS) is 9.89. The molecule has 18 heavy (non-hydrogen) atoms. The Bertz CT molecular complexity index is 634. The zero-order chi connectivity index (χ0) is 13.1. The number of halogens is 2. The number of aryl methyl sites for hydroxylation is 1. The summed E-state index contributed by atoms with van der Waals surface area (Å²) in [7, 11) is 0. The smallest absolute Gasteiger partial charge is 0.228 e. The third-order valence-corrected chi connectivity index (χ3v) is 3.30. The Balaban J connectivity index is 2.34. The van der Waals surface area contributed by atoms with Crippen molar-refractivity contribution in [3.05, 3.63) is 44.6 Å². The van der Waals surface area contributed by atoms with Gasteiger partial charge in [0, 0.05) is 14.6 Å². The molecule has 0 aliphatic carbocycles. The van der Waals surface area contributed by atoms with Crippen molar-refractivity contribution in [3.63, 3.8) is 0 Å². The van der Waals surface area contributed by atoms with Crippen molar-refractivity contribution in [3.8, 4) is 6.07 Å². The fraction of sp³-hybridized carbons (Fsp3) is 0.0833. The summed E-state index contributed by atoms with van der Waals surface area (Å²) in [6, 6.07) is 9.37. The molecule has 0 bridgehead atoms. The van der Waals surface area contributed by atoms with Crippen LogP contribution in [0.1, 0.15) is 11.4 Å². The van der Waals surface area contributed by atoms with Crippen LogP contribution < -0.4 is 5.32 Å². The van der Waals surface area contributed by atoms with Gasteiger partial charge in [-0.15, -0.1) is 0 Å². The highest BCUT2D eigenvalue weighted by atomic mass is 79.9. The molecule has 0 radical (unpaired) electrons. The van der Waals surface area contributed by atoms with Crippen molar-refractivity contribution in [2.45, 2.75) is 6.92 Å². The van der Waals surface area contributed by atoms with E-state index < -0.39 is 0 Å². The largest absolute Gasteiger partial charge is 0.323 e. The van der Waals surface area contributed by atoms with Gasteiger partial charge in [-0.2, -0.15) is 5.26 Å². The molecule has 2 rings (SSSR count). The van der Waals surface area contributed by atoms with E-state index in [1.165, 1.54) is 0 Å². The standard InChI is InChI=1S/C12H8Br2N4/c1-7-4-9(6-15)17-12(16-7)18-11-3-2-8(13)5-10(11)14/h2-5H,1H3,(H,16,17,18). The van der Waals surface area contributed by atoms with E-state index in [1.807, 2.05) is 31.2 Å². The Morgan fingerprint density at radius 1 is 1.22 bits per heavy atom. The second-order valence-electron chi connectivity index (χ2n) is 3.58. The van der Waals surface area contributed by atoms with Crippen molar-refractivity contribution in [1.29, 1.82) is 5.26 Å². The highest BCUT2D eigenvalue weighted by molar-refractivity contribution is 9.11. The monoisotopic (exact) mass is 366 g/mol. The van der Waals surface area contributed by atoms with Crippen LogP contribution in [0.2, 0.25) is 0 Å². The Hall–Kier alpha value is -1.45. The molecule has 4 nitrogen and oxygen atoms in total. The Morgan fingerprint density at radius 3 is 2.67 bits per heavy atom. The fourth-order valence-electron chi connectivity index (χ4n) is 1.39. The summed E-state index contributed by atoms with van der Waals surface area (Å²) in [5, 5.41) is 11.9. The molecule has 1 aromatic heterocycles. The molecule has 1 aromatic carbocycles. The third kappa shape index (κ3) is 3.06. The molecule has 0 aliphatic rings. The van der Waals surface area contributed by atoms with Gasteiger partial charge in [0.15, 0.2) is 0 Å². The first-order chi connectivity index (χ1) is 8.58. The second-order valence-corrected chi connectivity index (χ2v) is 5.35. The predicted molar refractivity (Wildman–Crippen MR) is 76.6 cm³/mol. The molecule has 2 aromatic rings. The van der Waals surface area contributed by atoms with E-state index in [1.54, 1.807) is 6.07 Å². The molecule has 0 fully saturated rings. The molecule has 0 spiro atoms. The van der Waals surface area contributed by atoms with E-state index in [0.717, 1.165) is 20.3 Å². The summed E-state index contributed by atoms with van der Waals surface area (Å²) < 4.78 is 1.86. The first-order valence-electron chi connectivity index (χ1n) is 5.06. The van der Waals surface area contributed by atoms with Crippen LogP contribution >= 0.6 is 31.9 Å². The minimum absolute atomic E-state index is 0.346. The molecule has 90 valence electrons. The summed E-state index contributed by atoms with van der Waals surface area (Å²) in [6.45, 7) is 1.82. The molecule has 0 saturated heterocycles. The maximum absolute atomic E-state index is 8.86. The zero-order valence-electron chi connectivity index (χ0n) is 9.41. The highest BCUT2D eigenvalue weighted by Gasteiger charge is 2.05. The van der Waals surface area contributed by atoms with Gasteiger partial charge in [-0.1, -0.05) is 15.9 Å². The van der Waals surface area contributed by atoms with Crippen LogP contribution in [0.25, 0.3) is 0 Å². The SMILES string of the molecule is Cc1cc(C#N)nc(Nc2ccc(Br)cc2Br)n1. The lowest BCUT2D eigenvalue weighted by molar-refractivity contribution is 1.09. The van der Waals surface area contributed by atoms with Crippen LogP contribution in [0.3, 0.4) is 0 Å². The molecule has 0 saturated carbocycles. The Morgan fingerprint density at radius 2 is 2.00 bits per heavy atom. The fourth-order valence-corrected chi connectivity index (χ4v) is 2.54. The van der Waals surface area contributed by atoms with Gasteiger partial charge in [0.2, 0.25) is 5.95 Å². The van der Waals surface area contributed by atoms with E-state index >= 15 is 0 Å². The van der Waals surface area contributed by atoms with Gasteiger partial charge in [-0.25, -0.2) is 9.97 Å². The van der Waals surface area contributed by atoms with Crippen LogP contribution in [0, 0.1) is 18.3 Å². The summed E-state index contributed by atoms with van der Waals surface area (Å²) in [6.07, 6.45) is 0. The van der Waals surface area contributed by atoms with Crippen LogP contribution in [-0.4, -0.2) is 9.97 Å². The van der Waals surface area contributed by atoms with Gasteiger partial charge in [0.25, 0.3) is 0 Å². The Kier molecular flexibility index (Phi) is 3.94. The number of hydrogen-bond acceptors (Lipinski definition) is 4. The molecule has 0 unspecified atom stereocenters. The average molecular weight is 368 g/mol. The molecule has 6 heteroatoms. The quantitative estimate of drug-likeness (QED) is 0.873. The minimum Gasteiger partial charge on any atom is -0.323 e. The van der Waals surface area contributed by atoms with Gasteiger partial charge < -0.3 is 5.32 Å². The maximum atomic E-state index is 8.86. The van der Waals surface area contributed by atoms with E-state index in [4.69, 9.17) is 5.26 Å². The van der Waals surface area contributed by atoms with E-state index in [0.29, 0.717) is 11.6 Å². The summed E-state index contributed by atoms with van der Waals surface area (Å²) in [5.41, 5.74) is 1.93. The lowest BCUT2D eigenvalue weighted by Gasteiger charge is -2.08. The van der Waals surface area contributed by atoms with Crippen LogP contribution in [0.5, 0.6) is 0 Å². The first-order valence-corrected chi connectivity index (χ1v) is 6.65. The lowest BCUT2D eigenvalue weighted by atomic mass is 10.3. The number of hydrogen-bond donors (Lipinski definition) is 1. The third-order valence-electron chi connectivity index (χ3n) is 2.15. The lowest BCUT2D eigenvalue weighted by Crippen LogP contribution is -2.00. The number of nitrogens with zero attached hydrogens (tertiary/aromatic N) is 3. The van der Waals surface area contributed by atoms with Gasteiger partial charge in [0.05, 0.1) is 5.69 Å². The number of nitrogens with one attached hydrogen (secondary N) is 1. The topological polar surface area (TPSA) is 61.6 Å². The van der Waals surface area contributed by atoms with Crippen LogP contribution in [-0.2, 0) is 0 Å². The van der Waals surface area contributed by atoms with Gasteiger partial charge in [-0.3, -0.25) is 0 Å². The number of aromatic nitrogens is 2. The molecular formula is C12H8Br2N4. The summed E-state index contributed by atoms with van der Waals surface area (Å²) >= 11 is 6.83. The number of anilines is 2. The molecular weight excluding hydrogens is 360 g/mol. The molecule has 1 heterocycles. The first kappa shape index (κ1) is 13.0. The van der Waals surface area contributed by atoms with Crippen molar-refractivity contribution < 1.29 is 0 Å².